The lowest BCUT2D eigenvalue weighted by Gasteiger charge is -2.14. The van der Waals surface area contributed by atoms with Crippen LogP contribution in [0, 0.1) is 6.92 Å². The highest BCUT2D eigenvalue weighted by Gasteiger charge is 2.35. The van der Waals surface area contributed by atoms with Crippen molar-refractivity contribution >= 4 is 23.2 Å². The third-order valence-electron chi connectivity index (χ3n) is 3.25. The maximum Gasteiger partial charge on any atom is 0.417 e. The van der Waals surface area contributed by atoms with Crippen molar-refractivity contribution in [2.24, 2.45) is 7.05 Å². The van der Waals surface area contributed by atoms with Crippen LogP contribution in [0.15, 0.2) is 35.3 Å². The summed E-state index contributed by atoms with van der Waals surface area (Å²) in [6.07, 6.45) is -3.25. The topological polar surface area (TPSA) is 51.1 Å². The molecule has 0 radical (unpaired) electrons. The van der Waals surface area contributed by atoms with E-state index in [0.717, 1.165) is 6.07 Å². The number of hydrogen-bond acceptors (Lipinski definition) is 2. The molecule has 0 aliphatic heterocycles. The molecule has 8 heteroatoms. The Balaban J connectivity index is 2.48. The van der Waals surface area contributed by atoms with Gasteiger partial charge < -0.3 is 9.88 Å². The molecule has 0 fully saturated rings. The van der Waals surface area contributed by atoms with Gasteiger partial charge in [-0.25, -0.2) is 0 Å². The number of amides is 1. The lowest BCUT2D eigenvalue weighted by atomic mass is 10.1. The van der Waals surface area contributed by atoms with Crippen LogP contribution in [0.4, 0.5) is 18.9 Å². The van der Waals surface area contributed by atoms with E-state index < -0.39 is 28.8 Å². The Morgan fingerprint density at radius 3 is 2.52 bits per heavy atom. The fraction of sp³-hybridized carbons (Fsp3) is 0.200. The first-order chi connectivity index (χ1) is 10.6. The monoisotopic (exact) mass is 344 g/mol. The molecular weight excluding hydrogens is 333 g/mol. The zero-order chi connectivity index (χ0) is 17.4. The summed E-state index contributed by atoms with van der Waals surface area (Å²) in [6.45, 7) is 1.57. The first-order valence-corrected chi connectivity index (χ1v) is 6.83. The maximum atomic E-state index is 13.0. The van der Waals surface area contributed by atoms with E-state index in [1.165, 1.54) is 23.9 Å². The molecule has 1 heterocycles. The summed E-state index contributed by atoms with van der Waals surface area (Å²) in [7, 11) is 1.47. The summed E-state index contributed by atoms with van der Waals surface area (Å²) in [5.41, 5.74) is -1.90. The Kier molecular flexibility index (Phi) is 4.51. The van der Waals surface area contributed by atoms with Gasteiger partial charge in [-0.05, 0) is 36.8 Å². The van der Waals surface area contributed by atoms with Crippen LogP contribution in [0.2, 0.25) is 5.02 Å². The number of aryl methyl sites for hydroxylation is 2. The van der Waals surface area contributed by atoms with Gasteiger partial charge in [-0.15, -0.1) is 0 Å². The second kappa shape index (κ2) is 6.08. The molecule has 0 saturated carbocycles. The first-order valence-electron chi connectivity index (χ1n) is 6.45. The van der Waals surface area contributed by atoms with E-state index >= 15 is 0 Å². The smallest absolute Gasteiger partial charge is 0.317 e. The van der Waals surface area contributed by atoms with Gasteiger partial charge in [0.1, 0.15) is 5.69 Å². The molecule has 0 atom stereocenters. The molecule has 1 aromatic carbocycles. The highest BCUT2D eigenvalue weighted by Crippen LogP contribution is 2.34. The van der Waals surface area contributed by atoms with Crippen molar-refractivity contribution in [3.63, 3.8) is 0 Å². The van der Waals surface area contributed by atoms with Gasteiger partial charge >= 0.3 is 6.18 Å². The number of alkyl halides is 3. The minimum atomic E-state index is -4.74. The van der Waals surface area contributed by atoms with Gasteiger partial charge in [0.2, 0.25) is 0 Å². The molecule has 0 saturated heterocycles. The summed E-state index contributed by atoms with van der Waals surface area (Å²) < 4.78 is 40.4. The first kappa shape index (κ1) is 17.1. The number of carbonyl (C=O) groups excluding carboxylic acids is 1. The van der Waals surface area contributed by atoms with Crippen molar-refractivity contribution in [1.82, 2.24) is 4.57 Å². The summed E-state index contributed by atoms with van der Waals surface area (Å²) in [5.74, 6) is -1.03. The third-order valence-corrected chi connectivity index (χ3v) is 3.48. The molecule has 0 aliphatic rings. The molecule has 1 N–H and O–H groups in total. The van der Waals surface area contributed by atoms with Gasteiger partial charge in [-0.2, -0.15) is 13.2 Å². The van der Waals surface area contributed by atoms with Gasteiger partial charge in [0, 0.05) is 18.3 Å². The predicted octanol–water partition coefficient (Wildman–Crippen LogP) is 3.62. The van der Waals surface area contributed by atoms with Crippen molar-refractivity contribution < 1.29 is 18.0 Å². The summed E-state index contributed by atoms with van der Waals surface area (Å²) in [4.78, 5) is 24.2. The maximum absolute atomic E-state index is 13.0. The van der Waals surface area contributed by atoms with Crippen LogP contribution in [0.1, 0.15) is 21.5 Å². The molecule has 0 unspecified atom stereocenters. The van der Waals surface area contributed by atoms with Crippen molar-refractivity contribution in [3.8, 4) is 0 Å². The van der Waals surface area contributed by atoms with Crippen LogP contribution in [-0.2, 0) is 13.2 Å². The number of rotatable bonds is 2. The number of anilines is 1. The van der Waals surface area contributed by atoms with E-state index in [4.69, 9.17) is 11.6 Å². The van der Waals surface area contributed by atoms with Crippen molar-refractivity contribution in [2.75, 3.05) is 5.32 Å². The second-order valence-corrected chi connectivity index (χ2v) is 5.37. The number of benzene rings is 1. The standard InChI is InChI=1S/C15H12ClF3N2O2/c1-8-5-6-21(2)14(23)12(8)20-13(22)10-4-3-9(16)7-11(10)15(17,18)19/h3-7H,1-2H3,(H,20,22). The molecule has 23 heavy (non-hydrogen) atoms. The number of nitrogens with zero attached hydrogens (tertiary/aromatic N) is 1. The Bertz CT molecular complexity index is 828. The highest BCUT2D eigenvalue weighted by atomic mass is 35.5. The van der Waals surface area contributed by atoms with Crippen LogP contribution < -0.4 is 10.9 Å². The fourth-order valence-corrected chi connectivity index (χ4v) is 2.17. The Hall–Kier alpha value is -2.28. The summed E-state index contributed by atoms with van der Waals surface area (Å²) in [5, 5.41) is 2.11. The lowest BCUT2D eigenvalue weighted by Crippen LogP contribution is -2.26. The lowest BCUT2D eigenvalue weighted by molar-refractivity contribution is -0.137. The molecule has 2 aromatic rings. The van der Waals surface area contributed by atoms with Crippen LogP contribution in [-0.4, -0.2) is 10.5 Å². The van der Waals surface area contributed by atoms with Crippen molar-refractivity contribution in [2.45, 2.75) is 13.1 Å². The number of aromatic nitrogens is 1. The highest BCUT2D eigenvalue weighted by molar-refractivity contribution is 6.30. The predicted molar refractivity (Wildman–Crippen MR) is 80.8 cm³/mol. The zero-order valence-corrected chi connectivity index (χ0v) is 12.9. The van der Waals surface area contributed by atoms with Crippen LogP contribution in [0.25, 0.3) is 0 Å². The second-order valence-electron chi connectivity index (χ2n) is 4.93. The van der Waals surface area contributed by atoms with Crippen LogP contribution in [0.3, 0.4) is 0 Å². The third kappa shape index (κ3) is 3.56. The van der Waals surface area contributed by atoms with Gasteiger partial charge in [0.15, 0.2) is 0 Å². The average Bonchev–Trinajstić information content (AvgIpc) is 2.46. The number of pyridine rings is 1. The van der Waals surface area contributed by atoms with Crippen LogP contribution in [0.5, 0.6) is 0 Å². The van der Waals surface area contributed by atoms with Crippen molar-refractivity contribution in [1.29, 1.82) is 0 Å². The van der Waals surface area contributed by atoms with Gasteiger partial charge in [0.05, 0.1) is 11.1 Å². The summed E-state index contributed by atoms with van der Waals surface area (Å²) >= 11 is 5.57. The molecule has 0 aliphatic carbocycles. The number of nitrogens with one attached hydrogen (secondary N) is 1. The number of hydrogen-bond donors (Lipinski definition) is 1. The number of halogens is 4. The molecular formula is C15H12ClF3N2O2. The normalized spacial score (nSPS) is 11.4. The molecule has 122 valence electrons. The van der Waals surface area contributed by atoms with E-state index in [1.807, 2.05) is 0 Å². The fourth-order valence-electron chi connectivity index (χ4n) is 2.00. The summed E-state index contributed by atoms with van der Waals surface area (Å²) in [6, 6.07) is 4.40. The Morgan fingerprint density at radius 1 is 1.26 bits per heavy atom. The largest absolute Gasteiger partial charge is 0.417 e. The van der Waals surface area contributed by atoms with E-state index in [-0.39, 0.29) is 10.7 Å². The minimum absolute atomic E-state index is 0.0666. The molecule has 1 aromatic heterocycles. The van der Waals surface area contributed by atoms with E-state index in [0.29, 0.717) is 11.6 Å². The van der Waals surface area contributed by atoms with E-state index in [9.17, 15) is 22.8 Å². The molecule has 1 amide bonds. The SMILES string of the molecule is Cc1ccn(C)c(=O)c1NC(=O)c1ccc(Cl)cc1C(F)(F)F. The number of carbonyl (C=O) groups is 1. The molecule has 4 nitrogen and oxygen atoms in total. The van der Waals surface area contributed by atoms with Crippen molar-refractivity contribution in [3.05, 3.63) is 62.5 Å². The van der Waals surface area contributed by atoms with Gasteiger partial charge in [-0.3, -0.25) is 9.59 Å². The molecule has 0 spiro atoms. The van der Waals surface area contributed by atoms with E-state index in [2.05, 4.69) is 5.32 Å². The van der Waals surface area contributed by atoms with E-state index in [1.54, 1.807) is 13.0 Å². The average molecular weight is 345 g/mol. The molecule has 2 rings (SSSR count). The quantitative estimate of drug-likeness (QED) is 0.904. The zero-order valence-electron chi connectivity index (χ0n) is 12.2. The van der Waals surface area contributed by atoms with Crippen LogP contribution >= 0.6 is 11.6 Å². The Labute approximate surface area is 134 Å². The van der Waals surface area contributed by atoms with Gasteiger partial charge in [0.25, 0.3) is 11.5 Å². The molecule has 0 bridgehead atoms. The minimum Gasteiger partial charge on any atom is -0.317 e. The Morgan fingerprint density at radius 2 is 1.91 bits per heavy atom. The van der Waals surface area contributed by atoms with Gasteiger partial charge in [-0.1, -0.05) is 11.6 Å².